The summed E-state index contributed by atoms with van der Waals surface area (Å²) in [6.07, 6.45) is 2.29. The molecule has 2 aliphatic heterocycles. The van der Waals surface area contributed by atoms with Gasteiger partial charge in [-0.3, -0.25) is 19.3 Å². The van der Waals surface area contributed by atoms with Gasteiger partial charge in [-0.1, -0.05) is 42.5 Å². The molecule has 10 nitrogen and oxygen atoms in total. The van der Waals surface area contributed by atoms with Crippen molar-refractivity contribution in [2.45, 2.75) is 31.2 Å². The smallest absolute Gasteiger partial charge is 0.328 e. The topological polar surface area (TPSA) is 108 Å². The molecule has 2 heterocycles. The number of rotatable bonds is 12. The number of methoxy groups -OCH3 is 2. The highest BCUT2D eigenvalue weighted by atomic mass is 32.2. The lowest BCUT2D eigenvalue weighted by Crippen LogP contribution is -2.64. The number of amides is 5. The zero-order valence-corrected chi connectivity index (χ0v) is 23.7. The van der Waals surface area contributed by atoms with Gasteiger partial charge in [-0.2, -0.15) is 0 Å². The van der Waals surface area contributed by atoms with Gasteiger partial charge in [-0.05, 0) is 42.0 Å². The van der Waals surface area contributed by atoms with Crippen molar-refractivity contribution in [1.82, 2.24) is 20.0 Å². The number of carbonyl (C=O) groups is 4. The predicted octanol–water partition coefficient (Wildman–Crippen LogP) is 2.67. The van der Waals surface area contributed by atoms with Gasteiger partial charge >= 0.3 is 6.03 Å². The van der Waals surface area contributed by atoms with E-state index in [1.54, 1.807) is 36.7 Å². The van der Waals surface area contributed by atoms with Crippen molar-refractivity contribution in [2.24, 2.45) is 0 Å². The molecule has 2 atom stereocenters. The molecule has 0 aromatic heterocycles. The molecule has 1 saturated heterocycles. The van der Waals surface area contributed by atoms with E-state index in [1.165, 1.54) is 16.7 Å². The molecule has 0 spiro atoms. The molecule has 2 aliphatic rings. The lowest BCUT2D eigenvalue weighted by Gasteiger charge is -2.41. The average molecular weight is 567 g/mol. The Labute approximate surface area is 238 Å². The molecule has 4 rings (SSSR count). The Morgan fingerprint density at radius 2 is 1.75 bits per heavy atom. The quantitative estimate of drug-likeness (QED) is 0.421. The number of nitrogens with one attached hydrogen (secondary N) is 1. The van der Waals surface area contributed by atoms with E-state index in [1.807, 2.05) is 49.4 Å². The Morgan fingerprint density at radius 1 is 1.00 bits per heavy atom. The van der Waals surface area contributed by atoms with E-state index < -0.39 is 35.7 Å². The van der Waals surface area contributed by atoms with E-state index in [0.717, 1.165) is 16.0 Å². The minimum Gasteiger partial charge on any atom is -0.493 e. The third-order valence-corrected chi connectivity index (χ3v) is 7.99. The minimum atomic E-state index is -0.641. The van der Waals surface area contributed by atoms with Crippen LogP contribution in [0.4, 0.5) is 4.79 Å². The van der Waals surface area contributed by atoms with E-state index in [4.69, 9.17) is 9.47 Å². The second-order valence-electron chi connectivity index (χ2n) is 9.39. The van der Waals surface area contributed by atoms with Gasteiger partial charge < -0.3 is 24.6 Å². The lowest BCUT2D eigenvalue weighted by molar-refractivity contribution is -0.138. The second-order valence-corrected chi connectivity index (χ2v) is 10.4. The third kappa shape index (κ3) is 6.59. The number of hydrogen-bond donors (Lipinski definition) is 1. The number of nitrogens with zero attached hydrogens (tertiary/aromatic N) is 3. The zero-order valence-electron chi connectivity index (χ0n) is 22.9. The van der Waals surface area contributed by atoms with Crippen LogP contribution in [0.1, 0.15) is 18.1 Å². The van der Waals surface area contributed by atoms with Crippen LogP contribution in [-0.4, -0.2) is 90.1 Å². The first kappa shape index (κ1) is 29.0. The lowest BCUT2D eigenvalue weighted by atomic mass is 10.1. The summed E-state index contributed by atoms with van der Waals surface area (Å²) in [6.45, 7) is 2.48. The average Bonchev–Trinajstić information content (AvgIpc) is 3.46. The molecule has 11 heteroatoms. The van der Waals surface area contributed by atoms with E-state index in [9.17, 15) is 19.2 Å². The maximum atomic E-state index is 13.5. The van der Waals surface area contributed by atoms with Crippen LogP contribution >= 0.6 is 11.8 Å². The SMILES string of the molecule is CCN(Cc1ccccc1)C(=O)CN1C(=O)N(CC(=O)NCCc2ccc(OC)c(OC)c2)C(=O)C2SC=CC21. The monoisotopic (exact) mass is 566 g/mol. The summed E-state index contributed by atoms with van der Waals surface area (Å²) in [4.78, 5) is 56.7. The van der Waals surface area contributed by atoms with Crippen molar-refractivity contribution in [3.63, 3.8) is 0 Å². The fourth-order valence-corrected chi connectivity index (χ4v) is 5.78. The van der Waals surface area contributed by atoms with E-state index in [-0.39, 0.29) is 12.5 Å². The summed E-state index contributed by atoms with van der Waals surface area (Å²) in [5.74, 6) is 0.0909. The highest BCUT2D eigenvalue weighted by molar-refractivity contribution is 8.03. The summed E-state index contributed by atoms with van der Waals surface area (Å²) >= 11 is 1.29. The third-order valence-electron chi connectivity index (χ3n) is 6.90. The van der Waals surface area contributed by atoms with E-state index in [2.05, 4.69) is 5.32 Å². The van der Waals surface area contributed by atoms with Crippen molar-refractivity contribution in [3.8, 4) is 11.5 Å². The van der Waals surface area contributed by atoms with Crippen molar-refractivity contribution < 1.29 is 28.7 Å². The zero-order chi connectivity index (χ0) is 28.6. The van der Waals surface area contributed by atoms with Gasteiger partial charge in [-0.25, -0.2) is 4.79 Å². The molecule has 0 saturated carbocycles. The Kier molecular flexibility index (Phi) is 9.70. The highest BCUT2D eigenvalue weighted by Crippen LogP contribution is 2.34. The first-order valence-corrected chi connectivity index (χ1v) is 14.0. The van der Waals surface area contributed by atoms with Crippen LogP contribution in [0, 0.1) is 0 Å². The first-order valence-electron chi connectivity index (χ1n) is 13.1. The summed E-state index contributed by atoms with van der Waals surface area (Å²) in [6, 6.07) is 13.9. The standard InChI is InChI=1S/C29H34N4O6S/c1-4-31(17-21-8-6-5-7-9-21)26(35)19-32-22-13-15-40-27(22)28(36)33(29(32)37)18-25(34)30-14-12-20-10-11-23(38-2)24(16-20)39-3/h5-11,13,15-16,22,27H,4,12,14,17-19H2,1-3H3,(H,30,34). The molecule has 1 N–H and O–H groups in total. The molecular formula is C29H34N4O6S. The molecule has 2 aromatic carbocycles. The van der Waals surface area contributed by atoms with Crippen molar-refractivity contribution in [2.75, 3.05) is 40.4 Å². The van der Waals surface area contributed by atoms with E-state index >= 15 is 0 Å². The summed E-state index contributed by atoms with van der Waals surface area (Å²) in [7, 11) is 3.11. The fraction of sp³-hybridized carbons (Fsp3) is 0.379. The minimum absolute atomic E-state index is 0.184. The predicted molar refractivity (Wildman–Crippen MR) is 152 cm³/mol. The molecule has 0 aliphatic carbocycles. The summed E-state index contributed by atoms with van der Waals surface area (Å²) in [5.41, 5.74) is 1.92. The number of likely N-dealkylation sites (N-methyl/N-ethyl adjacent to an activating group) is 1. The molecule has 1 fully saturated rings. The van der Waals surface area contributed by atoms with Crippen molar-refractivity contribution in [1.29, 1.82) is 0 Å². The number of fused-ring (bicyclic) bond motifs is 1. The van der Waals surface area contributed by atoms with Gasteiger partial charge in [0, 0.05) is 19.6 Å². The van der Waals surface area contributed by atoms with Gasteiger partial charge in [0.15, 0.2) is 11.5 Å². The number of carbonyl (C=O) groups excluding carboxylic acids is 4. The van der Waals surface area contributed by atoms with Crippen LogP contribution in [0.25, 0.3) is 0 Å². The number of ether oxygens (including phenoxy) is 2. The number of benzene rings is 2. The summed E-state index contributed by atoms with van der Waals surface area (Å²) in [5, 5.41) is 3.96. The van der Waals surface area contributed by atoms with Gasteiger partial charge in [0.05, 0.1) is 20.3 Å². The van der Waals surface area contributed by atoms with Crippen LogP contribution in [0.3, 0.4) is 0 Å². The molecular weight excluding hydrogens is 532 g/mol. The molecule has 0 bridgehead atoms. The molecule has 5 amide bonds. The molecule has 0 radical (unpaired) electrons. The Hall–Kier alpha value is -3.99. The van der Waals surface area contributed by atoms with Crippen LogP contribution < -0.4 is 14.8 Å². The number of thioether (sulfide) groups is 1. The fourth-order valence-electron chi connectivity index (χ4n) is 4.72. The number of imide groups is 1. The Bertz CT molecular complexity index is 1270. The maximum Gasteiger partial charge on any atom is 0.328 e. The van der Waals surface area contributed by atoms with Crippen molar-refractivity contribution >= 4 is 35.5 Å². The van der Waals surface area contributed by atoms with Gasteiger partial charge in [0.25, 0.3) is 0 Å². The molecule has 212 valence electrons. The van der Waals surface area contributed by atoms with Crippen LogP contribution in [0.2, 0.25) is 0 Å². The Balaban J connectivity index is 1.38. The van der Waals surface area contributed by atoms with Gasteiger partial charge in [0.2, 0.25) is 17.7 Å². The molecule has 40 heavy (non-hydrogen) atoms. The largest absolute Gasteiger partial charge is 0.493 e. The van der Waals surface area contributed by atoms with Crippen molar-refractivity contribution in [3.05, 3.63) is 71.1 Å². The highest BCUT2D eigenvalue weighted by Gasteiger charge is 2.48. The van der Waals surface area contributed by atoms with Gasteiger partial charge in [-0.15, -0.1) is 11.8 Å². The maximum absolute atomic E-state index is 13.5. The second kappa shape index (κ2) is 13.4. The normalized spacial score (nSPS) is 18.0. The number of hydrogen-bond acceptors (Lipinski definition) is 7. The number of urea groups is 1. The van der Waals surface area contributed by atoms with Gasteiger partial charge in [0.1, 0.15) is 18.3 Å². The summed E-state index contributed by atoms with van der Waals surface area (Å²) < 4.78 is 10.6. The first-order chi connectivity index (χ1) is 19.4. The Morgan fingerprint density at radius 3 is 2.45 bits per heavy atom. The molecule has 2 aromatic rings. The van der Waals surface area contributed by atoms with Crippen LogP contribution in [0.15, 0.2) is 60.0 Å². The molecule has 2 unspecified atom stereocenters. The van der Waals surface area contributed by atoms with E-state index in [0.29, 0.717) is 37.6 Å². The van der Waals surface area contributed by atoms with Crippen LogP contribution in [0.5, 0.6) is 11.5 Å². The van der Waals surface area contributed by atoms with Crippen LogP contribution in [-0.2, 0) is 27.3 Å².